The Labute approximate surface area is 57.6 Å². The highest BCUT2D eigenvalue weighted by atomic mass is 35.5. The zero-order chi connectivity index (χ0) is 6.91. The van der Waals surface area contributed by atoms with Gasteiger partial charge in [-0.2, -0.15) is 0 Å². The molecule has 9 heavy (non-hydrogen) atoms. The summed E-state index contributed by atoms with van der Waals surface area (Å²) < 4.78 is 0. The van der Waals surface area contributed by atoms with Gasteiger partial charge in [0, 0.05) is 0 Å². The third kappa shape index (κ3) is 1.06. The average molecular weight is 148 g/mol. The third-order valence-corrected chi connectivity index (χ3v) is 1.54. The maximum atomic E-state index is 10.5. The number of nitrogens with one attached hydrogen (secondary N) is 1. The molecule has 0 aromatic rings. The number of hydrogen-bond donors (Lipinski definition) is 1. The fourth-order valence-corrected chi connectivity index (χ4v) is 0.568. The van der Waals surface area contributed by atoms with Crippen molar-refractivity contribution in [2.24, 2.45) is 0 Å². The Hall–Kier alpha value is -0.540. The van der Waals surface area contributed by atoms with Crippen LogP contribution in [0.15, 0.2) is 12.3 Å². The van der Waals surface area contributed by atoms with Crippen LogP contribution in [-0.4, -0.2) is 10.8 Å². The molecule has 1 unspecified atom stereocenters. The van der Waals surface area contributed by atoms with Gasteiger partial charge >= 0.3 is 0 Å². The molecule has 0 amide bonds. The molecule has 0 aliphatic carbocycles. The van der Waals surface area contributed by atoms with Gasteiger partial charge in [-0.15, -0.1) is 5.48 Å². The first-order valence-electron chi connectivity index (χ1n) is 2.45. The fraction of sp³-hybridized carbons (Fsp3) is 0.400. The number of carbonyl (C=O) groups excluding carboxylic acids is 1. The van der Waals surface area contributed by atoms with Crippen molar-refractivity contribution >= 4 is 16.8 Å². The van der Waals surface area contributed by atoms with Crippen molar-refractivity contribution in [2.75, 3.05) is 0 Å². The van der Waals surface area contributed by atoms with Crippen LogP contribution in [0.1, 0.15) is 6.92 Å². The Kier molecular flexibility index (Phi) is 1.47. The van der Waals surface area contributed by atoms with Gasteiger partial charge in [0.1, 0.15) is 11.8 Å². The molecule has 1 atom stereocenters. The van der Waals surface area contributed by atoms with Crippen molar-refractivity contribution < 1.29 is 9.63 Å². The lowest BCUT2D eigenvalue weighted by molar-refractivity contribution is -0.117. The van der Waals surface area contributed by atoms with Gasteiger partial charge in [0.2, 0.25) is 5.24 Å². The minimum atomic E-state index is -0.832. The normalized spacial score (nSPS) is 32.2. The predicted molar refractivity (Wildman–Crippen MR) is 32.6 cm³/mol. The monoisotopic (exact) mass is 147 g/mol. The van der Waals surface area contributed by atoms with Gasteiger partial charge in [0.15, 0.2) is 0 Å². The molecule has 0 saturated heterocycles. The standard InChI is InChI=1S/C5H6ClNO2/c1-5(4(6)8)2-3-9-7-5/h2-3,7H,1H3. The Morgan fingerprint density at radius 2 is 2.56 bits per heavy atom. The molecule has 3 nitrogen and oxygen atoms in total. The Morgan fingerprint density at radius 3 is 2.78 bits per heavy atom. The molecule has 1 N–H and O–H groups in total. The smallest absolute Gasteiger partial charge is 0.248 e. The van der Waals surface area contributed by atoms with Crippen LogP contribution in [0.5, 0.6) is 0 Å². The summed E-state index contributed by atoms with van der Waals surface area (Å²) in [6, 6.07) is 0. The van der Waals surface area contributed by atoms with E-state index in [0.29, 0.717) is 0 Å². The van der Waals surface area contributed by atoms with Crippen LogP contribution >= 0.6 is 11.6 Å². The molecule has 0 radical (unpaired) electrons. The van der Waals surface area contributed by atoms with E-state index in [2.05, 4.69) is 10.3 Å². The lowest BCUT2D eigenvalue weighted by Gasteiger charge is -2.13. The van der Waals surface area contributed by atoms with Crippen LogP contribution in [0.4, 0.5) is 0 Å². The van der Waals surface area contributed by atoms with Crippen molar-refractivity contribution in [3.05, 3.63) is 12.3 Å². The maximum absolute atomic E-state index is 10.5. The van der Waals surface area contributed by atoms with Crippen LogP contribution in [0.2, 0.25) is 0 Å². The zero-order valence-electron chi connectivity index (χ0n) is 4.85. The van der Waals surface area contributed by atoms with E-state index in [1.165, 1.54) is 6.26 Å². The lowest BCUT2D eigenvalue weighted by Crippen LogP contribution is -2.41. The Balaban J connectivity index is 2.74. The molecule has 0 fully saturated rings. The molecule has 0 bridgehead atoms. The molecule has 0 saturated carbocycles. The van der Waals surface area contributed by atoms with Crippen LogP contribution < -0.4 is 5.48 Å². The van der Waals surface area contributed by atoms with Gasteiger partial charge < -0.3 is 4.84 Å². The van der Waals surface area contributed by atoms with Gasteiger partial charge in [-0.3, -0.25) is 4.79 Å². The Morgan fingerprint density at radius 1 is 1.89 bits per heavy atom. The number of rotatable bonds is 1. The molecule has 1 heterocycles. The predicted octanol–water partition coefficient (Wildman–Crippen LogP) is 0.559. The highest BCUT2D eigenvalue weighted by Crippen LogP contribution is 2.14. The summed E-state index contributed by atoms with van der Waals surface area (Å²) in [5.41, 5.74) is 1.61. The molecule has 1 aliphatic rings. The summed E-state index contributed by atoms with van der Waals surface area (Å²) in [7, 11) is 0. The summed E-state index contributed by atoms with van der Waals surface area (Å²) in [6.45, 7) is 1.63. The van der Waals surface area contributed by atoms with Crippen LogP contribution in [0.3, 0.4) is 0 Å². The minimum absolute atomic E-state index is 0.476. The van der Waals surface area contributed by atoms with Gasteiger partial charge in [-0.25, -0.2) is 0 Å². The highest BCUT2D eigenvalue weighted by molar-refractivity contribution is 6.65. The molecule has 0 spiro atoms. The molecule has 0 aromatic carbocycles. The largest absolute Gasteiger partial charge is 0.415 e. The van der Waals surface area contributed by atoms with E-state index in [1.807, 2.05) is 0 Å². The van der Waals surface area contributed by atoms with E-state index in [4.69, 9.17) is 11.6 Å². The first-order valence-corrected chi connectivity index (χ1v) is 2.83. The molecule has 1 aliphatic heterocycles. The van der Waals surface area contributed by atoms with Crippen LogP contribution in [0, 0.1) is 0 Å². The quantitative estimate of drug-likeness (QED) is 0.551. The summed E-state index contributed by atoms with van der Waals surface area (Å²) in [5.74, 6) is 0. The highest BCUT2D eigenvalue weighted by Gasteiger charge is 2.32. The van der Waals surface area contributed by atoms with Crippen molar-refractivity contribution in [3.63, 3.8) is 0 Å². The van der Waals surface area contributed by atoms with Crippen molar-refractivity contribution in [3.8, 4) is 0 Å². The average Bonchev–Trinajstić information content (AvgIpc) is 2.16. The molecular weight excluding hydrogens is 142 g/mol. The zero-order valence-corrected chi connectivity index (χ0v) is 5.61. The molecule has 1 rings (SSSR count). The van der Waals surface area contributed by atoms with Crippen LogP contribution in [-0.2, 0) is 9.63 Å². The van der Waals surface area contributed by atoms with Gasteiger partial charge in [0.05, 0.1) is 0 Å². The molecule has 50 valence electrons. The summed E-state index contributed by atoms with van der Waals surface area (Å²) >= 11 is 5.19. The van der Waals surface area contributed by atoms with E-state index < -0.39 is 10.8 Å². The van der Waals surface area contributed by atoms with E-state index in [-0.39, 0.29) is 0 Å². The summed E-state index contributed by atoms with van der Waals surface area (Å²) in [5, 5.41) is -0.476. The van der Waals surface area contributed by atoms with E-state index >= 15 is 0 Å². The van der Waals surface area contributed by atoms with Gasteiger partial charge in [-0.05, 0) is 24.6 Å². The van der Waals surface area contributed by atoms with Gasteiger partial charge in [-0.1, -0.05) is 0 Å². The number of hydroxylamine groups is 1. The van der Waals surface area contributed by atoms with E-state index in [9.17, 15) is 4.79 Å². The third-order valence-electron chi connectivity index (χ3n) is 1.15. The van der Waals surface area contributed by atoms with Crippen molar-refractivity contribution in [2.45, 2.75) is 12.5 Å². The number of halogens is 1. The lowest BCUT2D eigenvalue weighted by atomic mass is 10.1. The van der Waals surface area contributed by atoms with Crippen LogP contribution in [0.25, 0.3) is 0 Å². The first-order chi connectivity index (χ1) is 4.15. The van der Waals surface area contributed by atoms with Crippen molar-refractivity contribution in [1.29, 1.82) is 0 Å². The maximum Gasteiger partial charge on any atom is 0.248 e. The second-order valence-corrected chi connectivity index (χ2v) is 2.34. The van der Waals surface area contributed by atoms with E-state index in [1.54, 1.807) is 13.0 Å². The second kappa shape index (κ2) is 2.01. The second-order valence-electron chi connectivity index (χ2n) is 2.00. The van der Waals surface area contributed by atoms with E-state index in [0.717, 1.165) is 0 Å². The molecule has 4 heteroatoms. The Bertz CT molecular complexity index is 168. The van der Waals surface area contributed by atoms with Gasteiger partial charge in [0.25, 0.3) is 0 Å². The molecule has 0 aromatic heterocycles. The summed E-state index contributed by atoms with van der Waals surface area (Å²) in [4.78, 5) is 15.1. The topological polar surface area (TPSA) is 38.3 Å². The molecular formula is C5H6ClNO2. The number of carbonyl (C=O) groups is 1. The van der Waals surface area contributed by atoms with Crippen molar-refractivity contribution in [1.82, 2.24) is 5.48 Å². The fourth-order valence-electron chi connectivity index (χ4n) is 0.466. The first kappa shape index (κ1) is 6.58. The number of hydrogen-bond acceptors (Lipinski definition) is 3. The SMILES string of the molecule is CC1(C(=O)Cl)C=CON1. The minimum Gasteiger partial charge on any atom is -0.415 e. The summed E-state index contributed by atoms with van der Waals surface area (Å²) in [6.07, 6.45) is 2.95.